The maximum atomic E-state index is 11.7. The number of aliphatic hydroxyl groups excluding tert-OH is 2. The molecule has 0 radical (unpaired) electrons. The first-order valence-corrected chi connectivity index (χ1v) is 6.96. The van der Waals surface area contributed by atoms with Crippen molar-refractivity contribution in [2.75, 3.05) is 0 Å². The van der Waals surface area contributed by atoms with Gasteiger partial charge in [0.2, 0.25) is 0 Å². The van der Waals surface area contributed by atoms with Crippen molar-refractivity contribution >= 4 is 34.6 Å². The van der Waals surface area contributed by atoms with Gasteiger partial charge < -0.3 is 30.6 Å². The zero-order chi connectivity index (χ0) is 19.8. The minimum absolute atomic E-state index is 0.406. The number of rotatable bonds is 6. The highest BCUT2D eigenvalue weighted by molar-refractivity contribution is 6.23. The smallest absolute Gasteiger partial charge is 0.336 e. The average Bonchev–Trinajstić information content (AvgIpc) is 2.57. The van der Waals surface area contributed by atoms with Crippen molar-refractivity contribution in [2.45, 2.75) is 13.2 Å². The van der Waals surface area contributed by atoms with Crippen LogP contribution in [0.3, 0.4) is 0 Å². The fourth-order valence-corrected chi connectivity index (χ4v) is 2.82. The molecule has 0 amide bonds. The zero-order valence-corrected chi connectivity index (χ0v) is 12.9. The minimum atomic E-state index is -1.69. The molecule has 26 heavy (non-hydrogen) atoms. The van der Waals surface area contributed by atoms with Gasteiger partial charge in [0, 0.05) is 10.8 Å². The van der Waals surface area contributed by atoms with E-state index in [9.17, 15) is 49.8 Å². The summed E-state index contributed by atoms with van der Waals surface area (Å²) in [6.45, 7) is -1.86. The Morgan fingerprint density at radius 3 is 1.19 bits per heavy atom. The summed E-state index contributed by atoms with van der Waals surface area (Å²) in [5.74, 6) is -6.66. The van der Waals surface area contributed by atoms with Crippen molar-refractivity contribution in [3.8, 4) is 0 Å². The molecule has 0 bridgehead atoms. The van der Waals surface area contributed by atoms with Crippen LogP contribution in [0.1, 0.15) is 52.6 Å². The van der Waals surface area contributed by atoms with Crippen molar-refractivity contribution < 1.29 is 49.8 Å². The Morgan fingerprint density at radius 1 is 0.615 bits per heavy atom. The molecule has 2 rings (SSSR count). The first-order valence-electron chi connectivity index (χ1n) is 6.96. The van der Waals surface area contributed by atoms with Gasteiger partial charge in [0.25, 0.3) is 0 Å². The molecule has 0 saturated heterocycles. The molecule has 0 atom stereocenters. The Labute approximate surface area is 144 Å². The van der Waals surface area contributed by atoms with E-state index in [2.05, 4.69) is 0 Å². The lowest BCUT2D eigenvalue weighted by molar-refractivity contribution is 0.0672. The van der Waals surface area contributed by atoms with Crippen molar-refractivity contribution in [3.63, 3.8) is 0 Å². The number of carbonyl (C=O) groups is 4. The van der Waals surface area contributed by atoms with E-state index in [-0.39, 0.29) is 0 Å². The summed E-state index contributed by atoms with van der Waals surface area (Å²) in [7, 11) is 0. The number of carboxylic acids is 4. The van der Waals surface area contributed by atoms with Crippen molar-refractivity contribution in [1.82, 2.24) is 0 Å². The second kappa shape index (κ2) is 6.78. The van der Waals surface area contributed by atoms with Gasteiger partial charge in [-0.15, -0.1) is 0 Å². The molecule has 0 fully saturated rings. The van der Waals surface area contributed by atoms with Crippen LogP contribution in [0.15, 0.2) is 12.1 Å². The van der Waals surface area contributed by atoms with Crippen LogP contribution in [0.2, 0.25) is 0 Å². The minimum Gasteiger partial charge on any atom is -0.478 e. The molecule has 10 heteroatoms. The van der Waals surface area contributed by atoms with E-state index >= 15 is 0 Å². The van der Waals surface area contributed by atoms with E-state index in [1.807, 2.05) is 0 Å². The lowest BCUT2D eigenvalue weighted by Gasteiger charge is -2.17. The van der Waals surface area contributed by atoms with Gasteiger partial charge in [-0.2, -0.15) is 0 Å². The Hall–Kier alpha value is -3.50. The standard InChI is InChI=1S/C16H12O10/c17-3-5-1-7(13(19)20)11-8(14(21)22)2-6(4-18)10(16(25)26)12(11)9(5)15(23)24/h1-2,17-18H,3-4H2,(H,19,20)(H,21,22)(H,23,24)(H,25,26). The van der Waals surface area contributed by atoms with Gasteiger partial charge in [-0.25, -0.2) is 19.2 Å². The quantitative estimate of drug-likeness (QED) is 0.423. The maximum Gasteiger partial charge on any atom is 0.336 e. The van der Waals surface area contributed by atoms with E-state index in [0.29, 0.717) is 0 Å². The van der Waals surface area contributed by atoms with E-state index in [4.69, 9.17) is 0 Å². The zero-order valence-electron chi connectivity index (χ0n) is 12.9. The van der Waals surface area contributed by atoms with Gasteiger partial charge in [0.15, 0.2) is 0 Å². The van der Waals surface area contributed by atoms with Crippen molar-refractivity contribution in [2.24, 2.45) is 0 Å². The van der Waals surface area contributed by atoms with Crippen molar-refractivity contribution in [1.29, 1.82) is 0 Å². The summed E-state index contributed by atoms with van der Waals surface area (Å²) in [6, 6.07) is 1.57. The van der Waals surface area contributed by atoms with Crippen LogP contribution in [-0.4, -0.2) is 54.5 Å². The molecular formula is C16H12O10. The summed E-state index contributed by atoms with van der Waals surface area (Å²) >= 11 is 0. The van der Waals surface area contributed by atoms with Crippen LogP contribution in [-0.2, 0) is 13.2 Å². The van der Waals surface area contributed by atoms with E-state index in [1.165, 1.54) is 0 Å². The highest BCUT2D eigenvalue weighted by Crippen LogP contribution is 2.35. The fraction of sp³-hybridized carbons (Fsp3) is 0.125. The van der Waals surface area contributed by atoms with Crippen LogP contribution in [0.4, 0.5) is 0 Å². The fourth-order valence-electron chi connectivity index (χ4n) is 2.82. The third-order valence-corrected chi connectivity index (χ3v) is 3.80. The monoisotopic (exact) mass is 364 g/mol. The highest BCUT2D eigenvalue weighted by atomic mass is 16.4. The molecule has 10 nitrogen and oxygen atoms in total. The van der Waals surface area contributed by atoms with Crippen LogP contribution >= 0.6 is 0 Å². The molecule has 0 unspecified atom stereocenters. The molecule has 6 N–H and O–H groups in total. The number of carboxylic acid groups (broad SMARTS) is 4. The number of hydrogen-bond donors (Lipinski definition) is 6. The van der Waals surface area contributed by atoms with E-state index in [0.717, 1.165) is 12.1 Å². The first kappa shape index (κ1) is 18.8. The predicted molar refractivity (Wildman–Crippen MR) is 83.6 cm³/mol. The van der Waals surface area contributed by atoms with Crippen molar-refractivity contribution in [3.05, 3.63) is 45.5 Å². The number of aromatic carboxylic acids is 4. The summed E-state index contributed by atoms with van der Waals surface area (Å²) < 4.78 is 0. The summed E-state index contributed by atoms with van der Waals surface area (Å²) in [5.41, 5.74) is -3.67. The van der Waals surface area contributed by atoms with Gasteiger partial charge in [-0.3, -0.25) is 0 Å². The Morgan fingerprint density at radius 2 is 0.962 bits per heavy atom. The molecule has 136 valence electrons. The number of benzene rings is 2. The molecule has 2 aromatic rings. The normalized spacial score (nSPS) is 10.7. The lowest BCUT2D eigenvalue weighted by atomic mass is 9.86. The SMILES string of the molecule is O=C(O)c1cc(CO)c(C(=O)O)c2c(C(=O)O)c(CO)cc(C(=O)O)c12. The molecule has 0 spiro atoms. The van der Waals surface area contributed by atoms with E-state index < -0.39 is 81.2 Å². The summed E-state index contributed by atoms with van der Waals surface area (Å²) in [4.78, 5) is 46.5. The van der Waals surface area contributed by atoms with Gasteiger partial charge in [0.05, 0.1) is 35.5 Å². The van der Waals surface area contributed by atoms with E-state index in [1.54, 1.807) is 0 Å². The molecule has 0 saturated carbocycles. The summed E-state index contributed by atoms with van der Waals surface area (Å²) in [6.07, 6.45) is 0. The Balaban J connectivity index is 3.37. The van der Waals surface area contributed by atoms with Crippen LogP contribution < -0.4 is 0 Å². The lowest BCUT2D eigenvalue weighted by Crippen LogP contribution is -2.16. The molecule has 0 aromatic heterocycles. The maximum absolute atomic E-state index is 11.7. The predicted octanol–water partition coefficient (Wildman–Crippen LogP) is 0.617. The molecule has 0 aliphatic carbocycles. The average molecular weight is 364 g/mol. The first-order chi connectivity index (χ1) is 12.1. The summed E-state index contributed by atoms with van der Waals surface area (Å²) in [5, 5.41) is 55.2. The molecule has 0 aliphatic rings. The second-order valence-electron chi connectivity index (χ2n) is 5.20. The third kappa shape index (κ3) is 2.83. The van der Waals surface area contributed by atoms with Gasteiger partial charge in [-0.05, 0) is 23.3 Å². The molecule has 0 aliphatic heterocycles. The number of hydrogen-bond acceptors (Lipinski definition) is 6. The topological polar surface area (TPSA) is 190 Å². The van der Waals surface area contributed by atoms with Gasteiger partial charge in [0.1, 0.15) is 0 Å². The Kier molecular flexibility index (Phi) is 4.91. The molecule has 2 aromatic carbocycles. The second-order valence-corrected chi connectivity index (χ2v) is 5.20. The molecular weight excluding hydrogens is 352 g/mol. The van der Waals surface area contributed by atoms with Crippen LogP contribution in [0, 0.1) is 0 Å². The number of aliphatic hydroxyl groups is 2. The third-order valence-electron chi connectivity index (χ3n) is 3.80. The van der Waals surface area contributed by atoms with Crippen LogP contribution in [0.25, 0.3) is 10.8 Å². The van der Waals surface area contributed by atoms with Gasteiger partial charge >= 0.3 is 23.9 Å². The highest BCUT2D eigenvalue weighted by Gasteiger charge is 2.30. The molecule has 0 heterocycles. The van der Waals surface area contributed by atoms with Crippen LogP contribution in [0.5, 0.6) is 0 Å². The largest absolute Gasteiger partial charge is 0.478 e. The van der Waals surface area contributed by atoms with Gasteiger partial charge in [-0.1, -0.05) is 0 Å². The number of fused-ring (bicyclic) bond motifs is 1. The Bertz CT molecular complexity index is 898.